The van der Waals surface area contributed by atoms with Crippen LogP contribution in [0.25, 0.3) is 0 Å². The smallest absolute Gasteiger partial charge is 0.250 e. The second kappa shape index (κ2) is 5.96. The molecule has 0 amide bonds. The highest BCUT2D eigenvalue weighted by Crippen LogP contribution is 2.20. The Labute approximate surface area is 119 Å². The number of hydrogen-bond donors (Lipinski definition) is 2. The molecule has 108 valence electrons. The molecule has 1 heterocycles. The maximum atomic E-state index is 13.0. The second-order valence-corrected chi connectivity index (χ2v) is 6.96. The van der Waals surface area contributed by atoms with Gasteiger partial charge in [-0.05, 0) is 34.7 Å². The summed E-state index contributed by atoms with van der Waals surface area (Å²) in [5, 5.41) is 1.66. The van der Waals surface area contributed by atoms with Crippen molar-refractivity contribution in [3.63, 3.8) is 0 Å². The van der Waals surface area contributed by atoms with Gasteiger partial charge in [-0.3, -0.25) is 0 Å². The van der Waals surface area contributed by atoms with Gasteiger partial charge in [0.1, 0.15) is 4.21 Å². The molecular formula is C12H12F2N2O2S2. The van der Waals surface area contributed by atoms with E-state index in [1.165, 1.54) is 12.1 Å². The molecule has 0 bridgehead atoms. The summed E-state index contributed by atoms with van der Waals surface area (Å²) in [5.74, 6) is -1.98. The third-order valence-electron chi connectivity index (χ3n) is 2.58. The van der Waals surface area contributed by atoms with Crippen molar-refractivity contribution in [2.75, 3.05) is 0 Å². The lowest BCUT2D eigenvalue weighted by atomic mass is 10.2. The van der Waals surface area contributed by atoms with Gasteiger partial charge < -0.3 is 5.73 Å². The van der Waals surface area contributed by atoms with Crippen molar-refractivity contribution in [3.05, 3.63) is 52.4 Å². The van der Waals surface area contributed by atoms with Crippen molar-refractivity contribution in [1.29, 1.82) is 0 Å². The Kier molecular flexibility index (Phi) is 4.48. The van der Waals surface area contributed by atoms with Crippen LogP contribution < -0.4 is 10.5 Å². The summed E-state index contributed by atoms with van der Waals surface area (Å²) in [5.41, 5.74) is 6.48. The van der Waals surface area contributed by atoms with Crippen molar-refractivity contribution in [2.24, 2.45) is 5.73 Å². The van der Waals surface area contributed by atoms with Gasteiger partial charge in [-0.1, -0.05) is 6.07 Å². The van der Waals surface area contributed by atoms with E-state index in [0.717, 1.165) is 29.0 Å². The fourth-order valence-corrected chi connectivity index (χ4v) is 3.78. The topological polar surface area (TPSA) is 72.2 Å². The minimum atomic E-state index is -3.67. The second-order valence-electron chi connectivity index (χ2n) is 4.05. The van der Waals surface area contributed by atoms with Crippen LogP contribution in [0.3, 0.4) is 0 Å². The van der Waals surface area contributed by atoms with Crippen LogP contribution in [-0.4, -0.2) is 8.42 Å². The van der Waals surface area contributed by atoms with Crippen LogP contribution in [0.1, 0.15) is 11.1 Å². The van der Waals surface area contributed by atoms with Crippen molar-refractivity contribution in [2.45, 2.75) is 17.3 Å². The Bertz CT molecular complexity index is 714. The van der Waals surface area contributed by atoms with Crippen LogP contribution in [0.15, 0.2) is 33.9 Å². The summed E-state index contributed by atoms with van der Waals surface area (Å²) in [4.78, 5) is 0. The molecule has 0 aliphatic rings. The Morgan fingerprint density at radius 2 is 1.90 bits per heavy atom. The molecule has 0 radical (unpaired) electrons. The summed E-state index contributed by atoms with van der Waals surface area (Å²) in [6, 6.07) is 4.72. The fraction of sp³-hybridized carbons (Fsp3) is 0.167. The van der Waals surface area contributed by atoms with Gasteiger partial charge in [-0.2, -0.15) is 0 Å². The molecule has 2 aromatic rings. The van der Waals surface area contributed by atoms with Crippen molar-refractivity contribution >= 4 is 21.4 Å². The Hall–Kier alpha value is -1.35. The molecule has 8 heteroatoms. The molecule has 0 aliphatic carbocycles. The molecule has 0 atom stereocenters. The Morgan fingerprint density at radius 1 is 1.15 bits per heavy atom. The quantitative estimate of drug-likeness (QED) is 0.885. The Balaban J connectivity index is 2.10. The van der Waals surface area contributed by atoms with Gasteiger partial charge in [0.05, 0.1) is 0 Å². The first-order chi connectivity index (χ1) is 9.42. The standard InChI is InChI=1S/C12H12F2N2O2S2/c13-10-2-1-8(3-11(10)14)6-16-20(17,18)12-4-9(5-15)7-19-12/h1-4,7,16H,5-6,15H2. The van der Waals surface area contributed by atoms with E-state index >= 15 is 0 Å². The Morgan fingerprint density at radius 3 is 2.50 bits per heavy atom. The number of hydrogen-bond acceptors (Lipinski definition) is 4. The molecule has 0 spiro atoms. The first-order valence-electron chi connectivity index (χ1n) is 5.63. The molecule has 3 N–H and O–H groups in total. The molecule has 0 saturated heterocycles. The largest absolute Gasteiger partial charge is 0.326 e. The molecule has 2 rings (SSSR count). The van der Waals surface area contributed by atoms with Crippen molar-refractivity contribution in [1.82, 2.24) is 4.72 Å². The zero-order valence-corrected chi connectivity index (χ0v) is 11.9. The summed E-state index contributed by atoms with van der Waals surface area (Å²) in [7, 11) is -3.67. The minimum Gasteiger partial charge on any atom is -0.326 e. The maximum absolute atomic E-state index is 13.0. The fourth-order valence-electron chi connectivity index (χ4n) is 1.50. The van der Waals surface area contributed by atoms with Crippen LogP contribution in [-0.2, 0) is 23.1 Å². The molecular weight excluding hydrogens is 306 g/mol. The number of halogens is 2. The summed E-state index contributed by atoms with van der Waals surface area (Å²) in [6.45, 7) is 0.143. The van der Waals surface area contributed by atoms with Gasteiger partial charge in [0, 0.05) is 13.1 Å². The zero-order valence-electron chi connectivity index (χ0n) is 10.3. The number of benzene rings is 1. The van der Waals surface area contributed by atoms with E-state index in [4.69, 9.17) is 5.73 Å². The number of sulfonamides is 1. The van der Waals surface area contributed by atoms with Crippen molar-refractivity contribution < 1.29 is 17.2 Å². The molecule has 0 unspecified atom stereocenters. The van der Waals surface area contributed by atoms with E-state index in [2.05, 4.69) is 4.72 Å². The monoisotopic (exact) mass is 318 g/mol. The van der Waals surface area contributed by atoms with E-state index in [0.29, 0.717) is 5.56 Å². The van der Waals surface area contributed by atoms with E-state index < -0.39 is 21.7 Å². The zero-order chi connectivity index (χ0) is 14.8. The predicted molar refractivity (Wildman–Crippen MR) is 72.6 cm³/mol. The lowest BCUT2D eigenvalue weighted by Gasteiger charge is -2.05. The van der Waals surface area contributed by atoms with Crippen LogP contribution in [0.5, 0.6) is 0 Å². The molecule has 0 saturated carbocycles. The van der Waals surface area contributed by atoms with Gasteiger partial charge in [-0.25, -0.2) is 21.9 Å². The number of rotatable bonds is 5. The highest BCUT2D eigenvalue weighted by Gasteiger charge is 2.16. The van der Waals surface area contributed by atoms with E-state index in [1.807, 2.05) is 0 Å². The minimum absolute atomic E-state index is 0.116. The first-order valence-corrected chi connectivity index (χ1v) is 8.00. The van der Waals surface area contributed by atoms with Gasteiger partial charge >= 0.3 is 0 Å². The summed E-state index contributed by atoms with van der Waals surface area (Å²) < 4.78 is 52.2. The van der Waals surface area contributed by atoms with E-state index in [1.54, 1.807) is 5.38 Å². The number of nitrogens with one attached hydrogen (secondary N) is 1. The molecule has 1 aromatic heterocycles. The lowest BCUT2D eigenvalue weighted by Crippen LogP contribution is -2.22. The molecule has 20 heavy (non-hydrogen) atoms. The number of thiophene rings is 1. The molecule has 0 fully saturated rings. The van der Waals surface area contributed by atoms with Gasteiger partial charge in [-0.15, -0.1) is 11.3 Å². The highest BCUT2D eigenvalue weighted by molar-refractivity contribution is 7.91. The average molecular weight is 318 g/mol. The van der Waals surface area contributed by atoms with Crippen LogP contribution in [0, 0.1) is 11.6 Å². The third-order valence-corrected chi connectivity index (χ3v) is 5.47. The third kappa shape index (κ3) is 3.40. The molecule has 0 aliphatic heterocycles. The SMILES string of the molecule is NCc1csc(S(=O)(=O)NCc2ccc(F)c(F)c2)c1. The molecule has 4 nitrogen and oxygen atoms in total. The normalized spacial score (nSPS) is 11.8. The first kappa shape index (κ1) is 15.0. The lowest BCUT2D eigenvalue weighted by molar-refractivity contribution is 0.506. The van der Waals surface area contributed by atoms with Crippen molar-refractivity contribution in [3.8, 4) is 0 Å². The van der Waals surface area contributed by atoms with E-state index in [-0.39, 0.29) is 17.3 Å². The van der Waals surface area contributed by atoms with Crippen LogP contribution in [0.2, 0.25) is 0 Å². The maximum Gasteiger partial charge on any atom is 0.250 e. The average Bonchev–Trinajstić information content (AvgIpc) is 2.90. The predicted octanol–water partition coefficient (Wildman–Crippen LogP) is 1.96. The van der Waals surface area contributed by atoms with Crippen LogP contribution >= 0.6 is 11.3 Å². The van der Waals surface area contributed by atoms with E-state index in [9.17, 15) is 17.2 Å². The van der Waals surface area contributed by atoms with Gasteiger partial charge in [0.25, 0.3) is 0 Å². The number of nitrogens with two attached hydrogens (primary N) is 1. The summed E-state index contributed by atoms with van der Waals surface area (Å²) in [6.07, 6.45) is 0. The van der Waals surface area contributed by atoms with Gasteiger partial charge in [0.15, 0.2) is 11.6 Å². The molecule has 1 aromatic carbocycles. The van der Waals surface area contributed by atoms with Crippen LogP contribution in [0.4, 0.5) is 8.78 Å². The summed E-state index contributed by atoms with van der Waals surface area (Å²) >= 11 is 1.06. The highest BCUT2D eigenvalue weighted by atomic mass is 32.2. The van der Waals surface area contributed by atoms with Gasteiger partial charge in [0.2, 0.25) is 10.0 Å².